The molecule has 2 heterocycles. The maximum atomic E-state index is 13.1. The number of benzene rings is 1. The van der Waals surface area contributed by atoms with Gasteiger partial charge in [-0.1, -0.05) is 24.3 Å². The average molecular weight is 370 g/mol. The van der Waals surface area contributed by atoms with Gasteiger partial charge in [0.1, 0.15) is 0 Å². The Bertz CT molecular complexity index is 699. The van der Waals surface area contributed by atoms with E-state index in [9.17, 15) is 4.79 Å². The first-order valence-electron chi connectivity index (χ1n) is 9.32. The molecular formula is C21H27N3OS. The fourth-order valence-electron chi connectivity index (χ4n) is 3.34. The molecule has 4 nitrogen and oxygen atoms in total. The maximum absolute atomic E-state index is 13.1. The third-order valence-electron chi connectivity index (χ3n) is 4.81. The molecule has 0 aliphatic carbocycles. The number of carbonyl (C=O) groups is 1. The Morgan fingerprint density at radius 3 is 2.85 bits per heavy atom. The van der Waals surface area contributed by atoms with Crippen molar-refractivity contribution in [3.05, 3.63) is 59.9 Å². The Balaban J connectivity index is 1.70. The summed E-state index contributed by atoms with van der Waals surface area (Å²) in [6, 6.07) is 14.4. The van der Waals surface area contributed by atoms with E-state index >= 15 is 0 Å². The predicted octanol–water partition coefficient (Wildman–Crippen LogP) is 3.65. The van der Waals surface area contributed by atoms with Gasteiger partial charge in [0.15, 0.2) is 0 Å². The van der Waals surface area contributed by atoms with Crippen LogP contribution < -0.4 is 5.32 Å². The number of hydrogen-bond acceptors (Lipinski definition) is 4. The zero-order valence-corrected chi connectivity index (χ0v) is 16.2. The van der Waals surface area contributed by atoms with Crippen LogP contribution in [0, 0.1) is 6.92 Å². The molecule has 5 heteroatoms. The number of aromatic nitrogens is 1. The Labute approximate surface area is 160 Å². The predicted molar refractivity (Wildman–Crippen MR) is 107 cm³/mol. The molecule has 0 radical (unpaired) electrons. The van der Waals surface area contributed by atoms with Crippen LogP contribution in [0.2, 0.25) is 0 Å². The van der Waals surface area contributed by atoms with Crippen molar-refractivity contribution in [1.82, 2.24) is 15.2 Å². The van der Waals surface area contributed by atoms with Crippen molar-refractivity contribution in [1.29, 1.82) is 0 Å². The Kier molecular flexibility index (Phi) is 7.09. The van der Waals surface area contributed by atoms with E-state index in [4.69, 9.17) is 0 Å². The molecule has 1 amide bonds. The molecule has 1 aromatic heterocycles. The molecule has 1 saturated heterocycles. The third kappa shape index (κ3) is 5.32. The van der Waals surface area contributed by atoms with Crippen molar-refractivity contribution in [2.45, 2.75) is 43.7 Å². The first-order valence-corrected chi connectivity index (χ1v) is 10.3. The van der Waals surface area contributed by atoms with E-state index in [0.717, 1.165) is 38.0 Å². The summed E-state index contributed by atoms with van der Waals surface area (Å²) in [5, 5.41) is 3.44. The quantitative estimate of drug-likeness (QED) is 0.790. The van der Waals surface area contributed by atoms with Gasteiger partial charge in [-0.05, 0) is 63.0 Å². The lowest BCUT2D eigenvalue weighted by atomic mass is 10.1. The van der Waals surface area contributed by atoms with Gasteiger partial charge in [-0.2, -0.15) is 0 Å². The molecule has 1 N–H and O–H groups in total. The topological polar surface area (TPSA) is 45.2 Å². The molecule has 0 saturated carbocycles. The smallest absolute Gasteiger partial charge is 0.233 e. The summed E-state index contributed by atoms with van der Waals surface area (Å²) in [5.74, 6) is 0.678. The van der Waals surface area contributed by atoms with Crippen molar-refractivity contribution in [2.24, 2.45) is 0 Å². The fraction of sp³-hybridized carbons (Fsp3) is 0.429. The highest BCUT2D eigenvalue weighted by Gasteiger charge is 2.25. The Morgan fingerprint density at radius 2 is 2.04 bits per heavy atom. The summed E-state index contributed by atoms with van der Waals surface area (Å²) in [5.41, 5.74) is 2.18. The molecule has 3 rings (SSSR count). The second kappa shape index (κ2) is 9.74. The highest BCUT2D eigenvalue weighted by Crippen LogP contribution is 2.24. The summed E-state index contributed by atoms with van der Waals surface area (Å²) in [7, 11) is 0. The number of nitrogens with one attached hydrogen (secondary N) is 1. The minimum atomic E-state index is 0.204. The largest absolute Gasteiger partial charge is 0.333 e. The van der Waals surface area contributed by atoms with Crippen LogP contribution in [0.15, 0.2) is 53.6 Å². The molecule has 0 bridgehead atoms. The minimum absolute atomic E-state index is 0.204. The van der Waals surface area contributed by atoms with Crippen LogP contribution in [0.5, 0.6) is 0 Å². The third-order valence-corrected chi connectivity index (χ3v) is 5.97. The van der Waals surface area contributed by atoms with Crippen molar-refractivity contribution in [3.63, 3.8) is 0 Å². The van der Waals surface area contributed by atoms with Crippen LogP contribution >= 0.6 is 11.8 Å². The number of carbonyl (C=O) groups excluding carboxylic acids is 1. The van der Waals surface area contributed by atoms with Crippen LogP contribution in [-0.2, 0) is 11.3 Å². The van der Waals surface area contributed by atoms with E-state index < -0.39 is 0 Å². The Morgan fingerprint density at radius 1 is 1.19 bits per heavy atom. The number of nitrogens with zero attached hydrogens (tertiary/aromatic N) is 2. The minimum Gasteiger partial charge on any atom is -0.333 e. The van der Waals surface area contributed by atoms with Crippen LogP contribution in [0.25, 0.3) is 0 Å². The molecule has 1 aliphatic heterocycles. The number of hydrogen-bond donors (Lipinski definition) is 1. The second-order valence-electron chi connectivity index (χ2n) is 6.73. The van der Waals surface area contributed by atoms with Gasteiger partial charge in [0.2, 0.25) is 5.91 Å². The van der Waals surface area contributed by atoms with E-state index in [1.807, 2.05) is 30.3 Å². The van der Waals surface area contributed by atoms with Gasteiger partial charge < -0.3 is 10.2 Å². The Hall–Kier alpha value is -1.85. The maximum Gasteiger partial charge on any atom is 0.233 e. The van der Waals surface area contributed by atoms with Crippen LogP contribution in [-0.4, -0.2) is 40.7 Å². The van der Waals surface area contributed by atoms with Crippen LogP contribution in [0.4, 0.5) is 0 Å². The van der Waals surface area contributed by atoms with E-state index in [1.54, 1.807) is 18.0 Å². The summed E-state index contributed by atoms with van der Waals surface area (Å²) in [6.07, 6.45) is 4.98. The van der Waals surface area contributed by atoms with Gasteiger partial charge in [0.05, 0.1) is 18.0 Å². The molecule has 138 valence electrons. The molecule has 26 heavy (non-hydrogen) atoms. The molecule has 0 spiro atoms. The number of aryl methyl sites for hydroxylation is 1. The average Bonchev–Trinajstić information content (AvgIpc) is 2.95. The zero-order chi connectivity index (χ0) is 18.2. The van der Waals surface area contributed by atoms with Crippen LogP contribution in [0.1, 0.15) is 30.5 Å². The molecule has 2 aromatic rings. The summed E-state index contributed by atoms with van der Waals surface area (Å²) >= 11 is 1.64. The number of rotatable bonds is 6. The first-order chi connectivity index (χ1) is 12.7. The fourth-order valence-corrected chi connectivity index (χ4v) is 4.26. The van der Waals surface area contributed by atoms with E-state index in [1.165, 1.54) is 10.5 Å². The monoisotopic (exact) mass is 369 g/mol. The number of amides is 1. The lowest BCUT2D eigenvalue weighted by Gasteiger charge is -2.31. The SMILES string of the molecule is Cc1ccccc1SCC(=O)N(Cc1ccccn1)C1CCCNCC1. The first kappa shape index (κ1) is 18.9. The highest BCUT2D eigenvalue weighted by molar-refractivity contribution is 8.00. The molecule has 1 atom stereocenters. The lowest BCUT2D eigenvalue weighted by Crippen LogP contribution is -2.41. The van der Waals surface area contributed by atoms with E-state index in [0.29, 0.717) is 12.3 Å². The van der Waals surface area contributed by atoms with Crippen molar-refractivity contribution in [2.75, 3.05) is 18.8 Å². The van der Waals surface area contributed by atoms with Crippen molar-refractivity contribution in [3.8, 4) is 0 Å². The standard InChI is InChI=1S/C21H27N3OS/c1-17-7-2-3-10-20(17)26-16-21(25)24(15-18-8-4-5-13-23-18)19-9-6-12-22-14-11-19/h2-5,7-8,10,13,19,22H,6,9,11-12,14-16H2,1H3. The van der Waals surface area contributed by atoms with Gasteiger partial charge in [0.25, 0.3) is 0 Å². The lowest BCUT2D eigenvalue weighted by molar-refractivity contribution is -0.131. The summed E-state index contributed by atoms with van der Waals surface area (Å²) in [4.78, 5) is 20.8. The van der Waals surface area contributed by atoms with Crippen LogP contribution in [0.3, 0.4) is 0 Å². The van der Waals surface area contributed by atoms with Gasteiger partial charge >= 0.3 is 0 Å². The highest BCUT2D eigenvalue weighted by atomic mass is 32.2. The van der Waals surface area contributed by atoms with Gasteiger partial charge in [-0.25, -0.2) is 0 Å². The van der Waals surface area contributed by atoms with Gasteiger partial charge in [-0.3, -0.25) is 9.78 Å². The molecule has 1 aromatic carbocycles. The normalized spacial score (nSPS) is 17.5. The molecule has 1 fully saturated rings. The second-order valence-corrected chi connectivity index (χ2v) is 7.75. The number of pyridine rings is 1. The van der Waals surface area contributed by atoms with E-state index in [2.05, 4.69) is 34.3 Å². The molecule has 1 aliphatic rings. The van der Waals surface area contributed by atoms with Crippen molar-refractivity contribution < 1.29 is 4.79 Å². The number of thioether (sulfide) groups is 1. The summed E-state index contributed by atoms with van der Waals surface area (Å²) < 4.78 is 0. The van der Waals surface area contributed by atoms with E-state index in [-0.39, 0.29) is 11.9 Å². The van der Waals surface area contributed by atoms with Gasteiger partial charge in [-0.15, -0.1) is 11.8 Å². The molecular weight excluding hydrogens is 342 g/mol. The molecule has 1 unspecified atom stereocenters. The zero-order valence-electron chi connectivity index (χ0n) is 15.4. The van der Waals surface area contributed by atoms with Crippen molar-refractivity contribution >= 4 is 17.7 Å². The van der Waals surface area contributed by atoms with Gasteiger partial charge in [0, 0.05) is 17.1 Å². The summed E-state index contributed by atoms with van der Waals surface area (Å²) in [6.45, 7) is 4.70.